The number of piperazine rings is 1. The van der Waals surface area contributed by atoms with Gasteiger partial charge in [-0.05, 0) is 6.42 Å². The van der Waals surface area contributed by atoms with E-state index in [1.165, 1.54) is 44.9 Å². The van der Waals surface area contributed by atoms with Crippen LogP contribution in [0.3, 0.4) is 0 Å². The maximum absolute atomic E-state index is 11.6. The van der Waals surface area contributed by atoms with Crippen molar-refractivity contribution < 1.29 is 9.63 Å². The number of nitrogens with one attached hydrogen (secondary N) is 1. The van der Waals surface area contributed by atoms with E-state index in [4.69, 9.17) is 4.84 Å². The summed E-state index contributed by atoms with van der Waals surface area (Å²) < 4.78 is 0. The van der Waals surface area contributed by atoms with E-state index < -0.39 is 0 Å². The second kappa shape index (κ2) is 12.2. The zero-order valence-electron chi connectivity index (χ0n) is 13.2. The fraction of sp³-hybridized carbons (Fsp3) is 0.938. The number of hydroxylamine groups is 2. The quantitative estimate of drug-likeness (QED) is 0.591. The third-order valence-electron chi connectivity index (χ3n) is 3.79. The Hall–Kier alpha value is -0.610. The van der Waals surface area contributed by atoms with Crippen LogP contribution in [0.15, 0.2) is 0 Å². The molecule has 0 aromatic heterocycles. The number of hydrogen-bond acceptors (Lipinski definition) is 4. The van der Waals surface area contributed by atoms with Crippen LogP contribution in [0.4, 0.5) is 0 Å². The molecule has 0 aromatic rings. The molecule has 0 atom stereocenters. The highest BCUT2D eigenvalue weighted by atomic mass is 16.7. The standard InChI is InChI=1S/C16H32N2O2/c1-2-3-4-5-6-7-8-9-10-11-16(19)20-18-14-12-17-13-15-18/h17H,2-15H2,1H3. The van der Waals surface area contributed by atoms with Gasteiger partial charge in [-0.25, -0.2) is 0 Å². The largest absolute Gasteiger partial charge is 0.368 e. The van der Waals surface area contributed by atoms with Crippen molar-refractivity contribution >= 4 is 5.97 Å². The van der Waals surface area contributed by atoms with E-state index in [0.717, 1.165) is 39.0 Å². The van der Waals surface area contributed by atoms with Gasteiger partial charge in [0.05, 0.1) is 0 Å². The molecule has 1 fully saturated rings. The first kappa shape index (κ1) is 17.4. The van der Waals surface area contributed by atoms with Crippen LogP contribution >= 0.6 is 0 Å². The fourth-order valence-electron chi connectivity index (χ4n) is 2.51. The summed E-state index contributed by atoms with van der Waals surface area (Å²) in [4.78, 5) is 17.0. The molecule has 4 heteroatoms. The van der Waals surface area contributed by atoms with Crippen LogP contribution < -0.4 is 5.32 Å². The Morgan fingerprint density at radius 1 is 0.950 bits per heavy atom. The van der Waals surface area contributed by atoms with E-state index in [9.17, 15) is 4.79 Å². The molecule has 1 heterocycles. The van der Waals surface area contributed by atoms with E-state index in [-0.39, 0.29) is 5.97 Å². The molecule has 0 amide bonds. The minimum absolute atomic E-state index is 0.0603. The van der Waals surface area contributed by atoms with E-state index in [2.05, 4.69) is 12.2 Å². The van der Waals surface area contributed by atoms with Crippen molar-refractivity contribution in [1.82, 2.24) is 10.4 Å². The monoisotopic (exact) mass is 284 g/mol. The molecule has 4 nitrogen and oxygen atoms in total. The van der Waals surface area contributed by atoms with Gasteiger partial charge >= 0.3 is 5.97 Å². The summed E-state index contributed by atoms with van der Waals surface area (Å²) in [7, 11) is 0. The lowest BCUT2D eigenvalue weighted by Gasteiger charge is -2.25. The van der Waals surface area contributed by atoms with Gasteiger partial charge in [0, 0.05) is 32.6 Å². The summed E-state index contributed by atoms with van der Waals surface area (Å²) in [6, 6.07) is 0. The van der Waals surface area contributed by atoms with Gasteiger partial charge < -0.3 is 10.2 Å². The summed E-state index contributed by atoms with van der Waals surface area (Å²) in [5, 5.41) is 5.02. The van der Waals surface area contributed by atoms with Crippen LogP contribution in [0.2, 0.25) is 0 Å². The Bertz CT molecular complexity index is 241. The normalized spacial score (nSPS) is 16.2. The summed E-state index contributed by atoms with van der Waals surface area (Å²) in [5.41, 5.74) is 0. The van der Waals surface area contributed by atoms with Gasteiger partial charge in [0.2, 0.25) is 0 Å². The second-order valence-electron chi connectivity index (χ2n) is 5.72. The molecule has 20 heavy (non-hydrogen) atoms. The van der Waals surface area contributed by atoms with Crippen LogP contribution in [0.1, 0.15) is 71.1 Å². The Morgan fingerprint density at radius 2 is 1.50 bits per heavy atom. The van der Waals surface area contributed by atoms with Crippen LogP contribution in [0.25, 0.3) is 0 Å². The number of hydrogen-bond donors (Lipinski definition) is 1. The lowest BCUT2D eigenvalue weighted by Crippen LogP contribution is -2.44. The molecular weight excluding hydrogens is 252 g/mol. The lowest BCUT2D eigenvalue weighted by atomic mass is 10.1. The third-order valence-corrected chi connectivity index (χ3v) is 3.79. The van der Waals surface area contributed by atoms with Crippen LogP contribution in [-0.2, 0) is 9.63 Å². The van der Waals surface area contributed by atoms with Gasteiger partial charge in [-0.3, -0.25) is 4.79 Å². The summed E-state index contributed by atoms with van der Waals surface area (Å²) in [6.45, 7) is 5.68. The molecule has 0 saturated carbocycles. The molecule has 1 saturated heterocycles. The average molecular weight is 284 g/mol. The Labute approximate surface area is 124 Å². The molecule has 0 spiro atoms. The van der Waals surface area contributed by atoms with E-state index in [1.807, 2.05) is 0 Å². The Morgan fingerprint density at radius 3 is 2.10 bits per heavy atom. The van der Waals surface area contributed by atoms with Gasteiger partial charge in [-0.2, -0.15) is 0 Å². The van der Waals surface area contributed by atoms with Crippen molar-refractivity contribution in [2.45, 2.75) is 71.1 Å². The average Bonchev–Trinajstić information content (AvgIpc) is 2.46. The maximum Gasteiger partial charge on any atom is 0.325 e. The molecule has 0 aliphatic carbocycles. The van der Waals surface area contributed by atoms with E-state index >= 15 is 0 Å². The van der Waals surface area contributed by atoms with Crippen molar-refractivity contribution in [2.24, 2.45) is 0 Å². The molecule has 0 radical (unpaired) electrons. The molecule has 118 valence electrons. The number of carbonyl (C=O) groups excluding carboxylic acids is 1. The molecular formula is C16H32N2O2. The minimum atomic E-state index is -0.0603. The molecule has 1 rings (SSSR count). The predicted octanol–water partition coefficient (Wildman–Crippen LogP) is 3.27. The molecule has 0 aromatic carbocycles. The third kappa shape index (κ3) is 9.32. The first-order valence-electron chi connectivity index (χ1n) is 8.49. The van der Waals surface area contributed by atoms with Crippen LogP contribution in [0, 0.1) is 0 Å². The maximum atomic E-state index is 11.6. The zero-order chi connectivity index (χ0) is 14.5. The minimum Gasteiger partial charge on any atom is -0.368 e. The highest BCUT2D eigenvalue weighted by Crippen LogP contribution is 2.11. The zero-order valence-corrected chi connectivity index (χ0v) is 13.2. The molecule has 1 aliphatic heterocycles. The van der Waals surface area contributed by atoms with E-state index in [1.54, 1.807) is 5.06 Å². The van der Waals surface area contributed by atoms with Crippen LogP contribution in [0.5, 0.6) is 0 Å². The number of nitrogens with zero attached hydrogens (tertiary/aromatic N) is 1. The van der Waals surface area contributed by atoms with Gasteiger partial charge in [0.15, 0.2) is 0 Å². The van der Waals surface area contributed by atoms with Gasteiger partial charge in [0.1, 0.15) is 0 Å². The summed E-state index contributed by atoms with van der Waals surface area (Å²) in [6.07, 6.45) is 12.1. The van der Waals surface area contributed by atoms with Crippen molar-refractivity contribution in [3.05, 3.63) is 0 Å². The highest BCUT2D eigenvalue weighted by molar-refractivity contribution is 5.68. The summed E-state index contributed by atoms with van der Waals surface area (Å²) in [5.74, 6) is -0.0603. The number of unbranched alkanes of at least 4 members (excludes halogenated alkanes) is 8. The van der Waals surface area contributed by atoms with Crippen molar-refractivity contribution in [3.8, 4) is 0 Å². The molecule has 0 unspecified atom stereocenters. The first-order chi connectivity index (χ1) is 9.83. The van der Waals surface area contributed by atoms with Crippen molar-refractivity contribution in [1.29, 1.82) is 0 Å². The number of rotatable bonds is 11. The first-order valence-corrected chi connectivity index (χ1v) is 8.49. The van der Waals surface area contributed by atoms with Gasteiger partial charge in [0.25, 0.3) is 0 Å². The molecule has 1 aliphatic rings. The Kier molecular flexibility index (Phi) is 10.6. The van der Waals surface area contributed by atoms with Crippen molar-refractivity contribution in [2.75, 3.05) is 26.2 Å². The summed E-state index contributed by atoms with van der Waals surface area (Å²) >= 11 is 0. The lowest BCUT2D eigenvalue weighted by molar-refractivity contribution is -0.192. The topological polar surface area (TPSA) is 41.6 Å². The predicted molar refractivity (Wildman–Crippen MR) is 82.4 cm³/mol. The smallest absolute Gasteiger partial charge is 0.325 e. The van der Waals surface area contributed by atoms with Crippen molar-refractivity contribution in [3.63, 3.8) is 0 Å². The molecule has 1 N–H and O–H groups in total. The molecule has 0 bridgehead atoms. The van der Waals surface area contributed by atoms with Gasteiger partial charge in [-0.1, -0.05) is 58.3 Å². The second-order valence-corrected chi connectivity index (χ2v) is 5.72. The Balaban J connectivity index is 1.84. The number of carbonyl (C=O) groups is 1. The SMILES string of the molecule is CCCCCCCCCCCC(=O)ON1CCNCC1. The van der Waals surface area contributed by atoms with Gasteiger partial charge in [-0.15, -0.1) is 5.06 Å². The highest BCUT2D eigenvalue weighted by Gasteiger charge is 2.13. The van der Waals surface area contributed by atoms with E-state index in [0.29, 0.717) is 6.42 Å². The van der Waals surface area contributed by atoms with Crippen LogP contribution in [-0.4, -0.2) is 37.2 Å². The fourth-order valence-corrected chi connectivity index (χ4v) is 2.51.